The molecule has 3 aromatic rings. The molecule has 0 saturated heterocycles. The molecule has 2 aromatic carbocycles. The lowest BCUT2D eigenvalue weighted by molar-refractivity contribution is -0.120. The van der Waals surface area contributed by atoms with Gasteiger partial charge in [-0.25, -0.2) is 9.78 Å². The van der Waals surface area contributed by atoms with Gasteiger partial charge < -0.3 is 15.0 Å². The Hall–Kier alpha value is -3.15. The van der Waals surface area contributed by atoms with Crippen LogP contribution in [-0.4, -0.2) is 26.5 Å². The number of rotatable bonds is 6. The Kier molecular flexibility index (Phi) is 5.02. The van der Waals surface area contributed by atoms with Crippen LogP contribution in [0.1, 0.15) is 41.6 Å². The number of amides is 1. The fourth-order valence-electron chi connectivity index (χ4n) is 2.99. The van der Waals surface area contributed by atoms with Gasteiger partial charge in [-0.2, -0.15) is 0 Å². The van der Waals surface area contributed by atoms with Crippen LogP contribution >= 0.6 is 0 Å². The molecule has 0 spiro atoms. The highest BCUT2D eigenvalue weighted by molar-refractivity contribution is 5.87. The lowest BCUT2D eigenvalue weighted by atomic mass is 10.1. The molecule has 0 unspecified atom stereocenters. The van der Waals surface area contributed by atoms with E-state index in [9.17, 15) is 9.59 Å². The van der Waals surface area contributed by atoms with E-state index >= 15 is 0 Å². The van der Waals surface area contributed by atoms with E-state index in [1.165, 1.54) is 12.1 Å². The third kappa shape index (κ3) is 3.74. The summed E-state index contributed by atoms with van der Waals surface area (Å²) in [6, 6.07) is 14.5. The van der Waals surface area contributed by atoms with Crippen LogP contribution in [0.3, 0.4) is 0 Å². The minimum Gasteiger partial charge on any atom is -0.478 e. The number of para-hydroxylation sites is 2. The molecule has 0 radical (unpaired) electrons. The second-order valence-corrected chi connectivity index (χ2v) is 6.44. The number of fused-ring (bicyclic) bond motifs is 1. The fourth-order valence-corrected chi connectivity index (χ4v) is 2.99. The fraction of sp³-hybridized carbons (Fsp3) is 0.250. The maximum atomic E-state index is 12.2. The molecule has 0 aliphatic heterocycles. The molecule has 1 heterocycles. The highest BCUT2D eigenvalue weighted by Gasteiger charge is 2.14. The minimum absolute atomic E-state index is 0.129. The van der Waals surface area contributed by atoms with Crippen molar-refractivity contribution in [3.05, 3.63) is 65.5 Å². The molecule has 0 aliphatic carbocycles. The first-order chi connectivity index (χ1) is 12.5. The molecule has 0 fully saturated rings. The Morgan fingerprint density at radius 3 is 2.46 bits per heavy atom. The summed E-state index contributed by atoms with van der Waals surface area (Å²) in [5.41, 5.74) is 2.94. The van der Waals surface area contributed by atoms with Crippen LogP contribution < -0.4 is 5.32 Å². The largest absolute Gasteiger partial charge is 0.478 e. The predicted octanol–water partition coefficient (Wildman–Crippen LogP) is 3.17. The Morgan fingerprint density at radius 2 is 1.81 bits per heavy atom. The number of nitrogens with one attached hydrogen (secondary N) is 1. The lowest BCUT2D eigenvalue weighted by Gasteiger charge is -2.13. The van der Waals surface area contributed by atoms with Crippen molar-refractivity contribution in [3.8, 4) is 0 Å². The number of carboxylic acids is 1. The highest BCUT2D eigenvalue weighted by atomic mass is 16.4. The van der Waals surface area contributed by atoms with Crippen LogP contribution in [0.2, 0.25) is 0 Å². The quantitative estimate of drug-likeness (QED) is 0.714. The number of carbonyl (C=O) groups is 2. The van der Waals surface area contributed by atoms with Gasteiger partial charge in [0.2, 0.25) is 5.91 Å². The monoisotopic (exact) mass is 351 g/mol. The summed E-state index contributed by atoms with van der Waals surface area (Å²) in [6.07, 6.45) is 0.196. The van der Waals surface area contributed by atoms with E-state index in [-0.39, 0.29) is 23.9 Å². The van der Waals surface area contributed by atoms with Crippen LogP contribution in [0.15, 0.2) is 48.5 Å². The van der Waals surface area contributed by atoms with E-state index in [0.717, 1.165) is 22.4 Å². The molecule has 0 saturated carbocycles. The smallest absolute Gasteiger partial charge is 0.335 e. The molecule has 26 heavy (non-hydrogen) atoms. The van der Waals surface area contributed by atoms with Crippen molar-refractivity contribution in [3.63, 3.8) is 0 Å². The zero-order valence-corrected chi connectivity index (χ0v) is 14.8. The molecule has 2 N–H and O–H groups in total. The molecule has 0 atom stereocenters. The predicted molar refractivity (Wildman–Crippen MR) is 99.1 cm³/mol. The normalized spacial score (nSPS) is 11.0. The van der Waals surface area contributed by atoms with Gasteiger partial charge in [-0.05, 0) is 43.7 Å². The van der Waals surface area contributed by atoms with Crippen molar-refractivity contribution in [2.75, 3.05) is 0 Å². The molecule has 6 nitrogen and oxygen atoms in total. The zero-order chi connectivity index (χ0) is 18.7. The number of carbonyl (C=O) groups excluding carboxylic acids is 1. The van der Waals surface area contributed by atoms with Crippen molar-refractivity contribution in [1.29, 1.82) is 0 Å². The van der Waals surface area contributed by atoms with Crippen molar-refractivity contribution >= 4 is 22.9 Å². The summed E-state index contributed by atoms with van der Waals surface area (Å²) in [4.78, 5) is 27.7. The summed E-state index contributed by atoms with van der Waals surface area (Å²) >= 11 is 0. The molecule has 134 valence electrons. The molecule has 1 aromatic heterocycles. The number of aromatic nitrogens is 2. The first kappa shape index (κ1) is 17.7. The number of aromatic carboxylic acids is 1. The number of hydrogen-bond acceptors (Lipinski definition) is 3. The van der Waals surface area contributed by atoms with Gasteiger partial charge in [0.15, 0.2) is 0 Å². The Bertz CT molecular complexity index is 943. The standard InChI is InChI=1S/C20H21N3O3/c1-13(2)23-17-6-4-3-5-16(17)22-18(23)12-21-19(24)11-14-7-9-15(10-8-14)20(25)26/h3-10,13H,11-12H2,1-2H3,(H,21,24)(H,25,26). The Balaban J connectivity index is 1.68. The van der Waals surface area contributed by atoms with Gasteiger partial charge in [0.25, 0.3) is 0 Å². The Morgan fingerprint density at radius 1 is 1.12 bits per heavy atom. The lowest BCUT2D eigenvalue weighted by Crippen LogP contribution is -2.26. The summed E-state index contributed by atoms with van der Waals surface area (Å²) in [5, 5.41) is 11.8. The highest BCUT2D eigenvalue weighted by Crippen LogP contribution is 2.20. The van der Waals surface area contributed by atoms with Crippen LogP contribution in [0.4, 0.5) is 0 Å². The van der Waals surface area contributed by atoms with Gasteiger partial charge in [0.1, 0.15) is 5.82 Å². The molecule has 0 bridgehead atoms. The molecular weight excluding hydrogens is 330 g/mol. The molecule has 0 aliphatic rings. The maximum absolute atomic E-state index is 12.2. The Labute approximate surface area is 151 Å². The van der Waals surface area contributed by atoms with E-state index in [0.29, 0.717) is 6.54 Å². The second-order valence-electron chi connectivity index (χ2n) is 6.44. The van der Waals surface area contributed by atoms with E-state index < -0.39 is 5.97 Å². The van der Waals surface area contributed by atoms with Crippen molar-refractivity contribution in [2.24, 2.45) is 0 Å². The molecule has 6 heteroatoms. The number of benzene rings is 2. The summed E-state index contributed by atoms with van der Waals surface area (Å²) < 4.78 is 2.12. The summed E-state index contributed by atoms with van der Waals surface area (Å²) in [5.74, 6) is -0.292. The van der Waals surface area contributed by atoms with Gasteiger partial charge in [-0.1, -0.05) is 24.3 Å². The zero-order valence-electron chi connectivity index (χ0n) is 14.8. The third-order valence-electron chi connectivity index (χ3n) is 4.19. The number of imidazole rings is 1. The van der Waals surface area contributed by atoms with Crippen LogP contribution in [0, 0.1) is 0 Å². The minimum atomic E-state index is -0.978. The molecule has 3 rings (SSSR count). The SMILES string of the molecule is CC(C)n1c(CNC(=O)Cc2ccc(C(=O)O)cc2)nc2ccccc21. The maximum Gasteiger partial charge on any atom is 0.335 e. The van der Waals surface area contributed by atoms with Crippen molar-refractivity contribution in [2.45, 2.75) is 32.9 Å². The van der Waals surface area contributed by atoms with Crippen molar-refractivity contribution < 1.29 is 14.7 Å². The molecule has 1 amide bonds. The topological polar surface area (TPSA) is 84.2 Å². The number of hydrogen-bond donors (Lipinski definition) is 2. The van der Waals surface area contributed by atoms with E-state index in [4.69, 9.17) is 5.11 Å². The average Bonchev–Trinajstić information content (AvgIpc) is 2.99. The van der Waals surface area contributed by atoms with Crippen LogP contribution in [0.5, 0.6) is 0 Å². The van der Waals surface area contributed by atoms with Gasteiger partial charge in [-0.15, -0.1) is 0 Å². The number of carboxylic acid groups (broad SMARTS) is 1. The summed E-state index contributed by atoms with van der Waals surface area (Å²) in [7, 11) is 0. The first-order valence-electron chi connectivity index (χ1n) is 8.50. The van der Waals surface area contributed by atoms with Gasteiger partial charge >= 0.3 is 5.97 Å². The average molecular weight is 351 g/mol. The summed E-state index contributed by atoms with van der Waals surface area (Å²) in [6.45, 7) is 4.52. The van der Waals surface area contributed by atoms with Crippen molar-refractivity contribution in [1.82, 2.24) is 14.9 Å². The van der Waals surface area contributed by atoms with E-state index in [1.54, 1.807) is 12.1 Å². The van der Waals surface area contributed by atoms with Crippen LogP contribution in [-0.2, 0) is 17.8 Å². The molecular formula is C20H21N3O3. The van der Waals surface area contributed by atoms with Gasteiger partial charge in [0.05, 0.1) is 29.6 Å². The third-order valence-corrected chi connectivity index (χ3v) is 4.19. The van der Waals surface area contributed by atoms with Gasteiger partial charge in [-0.3, -0.25) is 4.79 Å². The van der Waals surface area contributed by atoms with Crippen LogP contribution in [0.25, 0.3) is 11.0 Å². The van der Waals surface area contributed by atoms with E-state index in [1.807, 2.05) is 24.3 Å². The van der Waals surface area contributed by atoms with E-state index in [2.05, 4.69) is 28.7 Å². The number of nitrogens with zero attached hydrogens (tertiary/aromatic N) is 2. The first-order valence-corrected chi connectivity index (χ1v) is 8.50. The second kappa shape index (κ2) is 7.39. The van der Waals surface area contributed by atoms with Gasteiger partial charge in [0, 0.05) is 6.04 Å².